The standard InChI is InChI=1S/C20H37O6P.C20H31O5PS.C6H12O/c1-6-18-15(4)16(5)19(20(23-18)22-17-10-8-7-9-11-17)26-27(21)24-13(2)12-14(3)25-27;1-6-18-15(4)16(5)19(20(22-18)27-17-10-8-7-9-11-17)25-26(21)23-13(2)12-14(3)24-26;7-6-4-2-1-3-5-6/h13-20H,6-12H2,1-5H3;7-11,13-16,18-20H,6,12H2,1-5H3;6-7H,1-5H2/t2*13-,14-,15?,16?,18?,19?,20?;/m00./s1. The van der Waals surface area contributed by atoms with E-state index in [2.05, 4.69) is 53.7 Å². The second kappa shape index (κ2) is 24.4. The van der Waals surface area contributed by atoms with Gasteiger partial charge in [0.2, 0.25) is 0 Å². The third-order valence-corrected chi connectivity index (χ3v) is 18.0. The van der Waals surface area contributed by atoms with Crippen LogP contribution in [-0.2, 0) is 50.5 Å². The molecule has 7 rings (SSSR count). The number of phosphoric ester groups is 2. The average molecular weight is 919 g/mol. The number of hydrogen-bond donors (Lipinski definition) is 1. The molecule has 352 valence electrons. The van der Waals surface area contributed by atoms with Crippen LogP contribution < -0.4 is 0 Å². The number of hydrogen-bond acceptors (Lipinski definition) is 13. The van der Waals surface area contributed by atoms with Gasteiger partial charge in [-0.25, -0.2) is 9.13 Å². The maximum Gasteiger partial charge on any atom is 0.475 e. The van der Waals surface area contributed by atoms with Gasteiger partial charge >= 0.3 is 15.6 Å². The van der Waals surface area contributed by atoms with Crippen molar-refractivity contribution in [1.29, 1.82) is 0 Å². The second-order valence-electron chi connectivity index (χ2n) is 18.6. The van der Waals surface area contributed by atoms with Crippen LogP contribution in [0.15, 0.2) is 35.2 Å². The summed E-state index contributed by atoms with van der Waals surface area (Å²) in [5, 5.41) is 8.91. The lowest BCUT2D eigenvalue weighted by atomic mass is 9.82. The quantitative estimate of drug-likeness (QED) is 0.223. The summed E-state index contributed by atoms with van der Waals surface area (Å²) >= 11 is 1.61. The van der Waals surface area contributed by atoms with Crippen LogP contribution in [-0.4, -0.2) is 77.9 Å². The van der Waals surface area contributed by atoms with Gasteiger partial charge in [0.15, 0.2) is 6.29 Å². The lowest BCUT2D eigenvalue weighted by molar-refractivity contribution is -0.284. The van der Waals surface area contributed by atoms with Crippen LogP contribution in [0.5, 0.6) is 0 Å². The van der Waals surface area contributed by atoms with Crippen LogP contribution in [0.3, 0.4) is 0 Å². The largest absolute Gasteiger partial charge is 0.475 e. The third kappa shape index (κ3) is 15.3. The van der Waals surface area contributed by atoms with E-state index in [-0.39, 0.29) is 78.1 Å². The van der Waals surface area contributed by atoms with Gasteiger partial charge < -0.3 is 19.3 Å². The first-order valence-corrected chi connectivity index (χ1v) is 27.5. The van der Waals surface area contributed by atoms with Crippen LogP contribution in [0.4, 0.5) is 0 Å². The highest BCUT2D eigenvalue weighted by Crippen LogP contribution is 2.60. The Labute approximate surface area is 372 Å². The van der Waals surface area contributed by atoms with Crippen molar-refractivity contribution in [1.82, 2.24) is 0 Å². The molecule has 15 heteroatoms. The molecule has 14 atom stereocenters. The summed E-state index contributed by atoms with van der Waals surface area (Å²) in [6.45, 7) is 20.5. The molecule has 4 heterocycles. The Morgan fingerprint density at radius 3 is 1.51 bits per heavy atom. The summed E-state index contributed by atoms with van der Waals surface area (Å²) in [7, 11) is -7.26. The van der Waals surface area contributed by atoms with Gasteiger partial charge in [0, 0.05) is 17.7 Å². The normalized spacial score (nSPS) is 42.7. The molecule has 6 aliphatic rings. The zero-order valence-electron chi connectivity index (χ0n) is 38.8. The van der Waals surface area contributed by atoms with Gasteiger partial charge in [-0.1, -0.05) is 110 Å². The van der Waals surface area contributed by atoms with E-state index in [1.165, 1.54) is 38.5 Å². The molecule has 0 radical (unpaired) electrons. The third-order valence-electron chi connectivity index (χ3n) is 13.3. The van der Waals surface area contributed by atoms with Crippen LogP contribution in [0.25, 0.3) is 0 Å². The molecule has 1 N–H and O–H groups in total. The van der Waals surface area contributed by atoms with Crippen molar-refractivity contribution in [2.24, 2.45) is 23.7 Å². The van der Waals surface area contributed by atoms with Crippen molar-refractivity contribution in [3.05, 3.63) is 30.3 Å². The van der Waals surface area contributed by atoms with E-state index in [9.17, 15) is 9.13 Å². The Morgan fingerprint density at radius 1 is 0.607 bits per heavy atom. The number of rotatable bonds is 10. The Kier molecular flexibility index (Phi) is 20.7. The molecule has 6 fully saturated rings. The van der Waals surface area contributed by atoms with Crippen molar-refractivity contribution in [3.63, 3.8) is 0 Å². The van der Waals surface area contributed by atoms with E-state index in [4.69, 9.17) is 46.5 Å². The lowest BCUT2D eigenvalue weighted by Gasteiger charge is -2.46. The number of thioether (sulfide) groups is 1. The molecule has 0 aromatic heterocycles. The van der Waals surface area contributed by atoms with Crippen molar-refractivity contribution in [2.75, 3.05) is 0 Å². The zero-order valence-corrected chi connectivity index (χ0v) is 41.4. The summed E-state index contributed by atoms with van der Waals surface area (Å²) in [5.74, 6) is 0.856. The van der Waals surface area contributed by atoms with Gasteiger partial charge in [-0.2, -0.15) is 0 Å². The lowest BCUT2D eigenvalue weighted by Crippen LogP contribution is -2.52. The predicted octanol–water partition coefficient (Wildman–Crippen LogP) is 12.7. The maximum absolute atomic E-state index is 13.2. The highest BCUT2D eigenvalue weighted by Gasteiger charge is 2.50. The average Bonchev–Trinajstić information content (AvgIpc) is 3.21. The monoisotopic (exact) mass is 918 g/mol. The van der Waals surface area contributed by atoms with E-state index in [0.29, 0.717) is 18.8 Å². The Hall–Kier alpha value is -0.370. The fraction of sp³-hybridized carbons (Fsp3) is 0.870. The second-order valence-corrected chi connectivity index (χ2v) is 22.9. The molecule has 1 aromatic rings. The SMILES string of the molecule is CCC1OC(OC2CCCCC2)C(OP2(=O)O[C@@H](C)C[C@H](C)O2)C(C)C1C.CCC1OC(Sc2ccccc2)C(OP2(=O)O[C@@H](C)C[C@H](C)O2)C(C)C1C.OC1CCCCC1. The molecule has 0 bridgehead atoms. The van der Waals surface area contributed by atoms with Crippen molar-refractivity contribution in [2.45, 2.75) is 237 Å². The van der Waals surface area contributed by atoms with Crippen LogP contribution in [0.1, 0.15) is 159 Å². The highest BCUT2D eigenvalue weighted by atomic mass is 32.2. The van der Waals surface area contributed by atoms with Crippen molar-refractivity contribution >= 4 is 27.4 Å². The number of aliphatic hydroxyl groups excluding tert-OH is 1. The number of aliphatic hydroxyl groups is 1. The summed E-state index contributed by atoms with van der Waals surface area (Å²) in [4.78, 5) is 1.10. The van der Waals surface area contributed by atoms with E-state index < -0.39 is 28.0 Å². The molecule has 4 saturated heterocycles. The maximum atomic E-state index is 13.2. The minimum Gasteiger partial charge on any atom is -0.393 e. The first-order valence-electron chi connectivity index (χ1n) is 23.7. The fourth-order valence-corrected chi connectivity index (χ4v) is 14.4. The Morgan fingerprint density at radius 2 is 1.05 bits per heavy atom. The van der Waals surface area contributed by atoms with E-state index in [1.807, 2.05) is 45.9 Å². The fourth-order valence-electron chi connectivity index (χ4n) is 9.49. The van der Waals surface area contributed by atoms with Crippen molar-refractivity contribution < 1.29 is 55.6 Å². The Balaban J connectivity index is 0.000000199. The van der Waals surface area contributed by atoms with Gasteiger partial charge in [0.25, 0.3) is 0 Å². The zero-order chi connectivity index (χ0) is 44.3. The van der Waals surface area contributed by atoms with E-state index in [0.717, 1.165) is 43.4 Å². The molecular formula is C46H80O12P2S. The van der Waals surface area contributed by atoms with Gasteiger partial charge in [-0.3, -0.25) is 27.1 Å². The first-order chi connectivity index (χ1) is 29.0. The van der Waals surface area contributed by atoms with Crippen molar-refractivity contribution in [3.8, 4) is 0 Å². The molecule has 4 aliphatic heterocycles. The molecule has 61 heavy (non-hydrogen) atoms. The molecule has 10 unspecified atom stereocenters. The summed E-state index contributed by atoms with van der Waals surface area (Å²) < 4.78 is 80.0. The molecule has 2 aliphatic carbocycles. The minimum atomic E-state index is -3.64. The summed E-state index contributed by atoms with van der Waals surface area (Å²) in [6, 6.07) is 10.1. The van der Waals surface area contributed by atoms with E-state index >= 15 is 0 Å². The van der Waals surface area contributed by atoms with Gasteiger partial charge in [-0.05, 0) is 102 Å². The van der Waals surface area contributed by atoms with Crippen LogP contribution >= 0.6 is 27.4 Å². The smallest absolute Gasteiger partial charge is 0.393 e. The number of ether oxygens (including phenoxy) is 3. The van der Waals surface area contributed by atoms with Gasteiger partial charge in [0.1, 0.15) is 17.6 Å². The van der Waals surface area contributed by atoms with Gasteiger partial charge in [-0.15, -0.1) is 0 Å². The molecular weight excluding hydrogens is 839 g/mol. The molecule has 0 amide bonds. The first kappa shape index (κ1) is 51.6. The molecule has 12 nitrogen and oxygen atoms in total. The number of phosphoric acid groups is 2. The molecule has 1 aromatic carbocycles. The van der Waals surface area contributed by atoms with Gasteiger partial charge in [0.05, 0.1) is 48.8 Å². The summed E-state index contributed by atoms with van der Waals surface area (Å²) in [6.07, 6.45) is 13.4. The summed E-state index contributed by atoms with van der Waals surface area (Å²) in [5.41, 5.74) is -0.269. The van der Waals surface area contributed by atoms with E-state index in [1.54, 1.807) is 11.8 Å². The topological polar surface area (TPSA) is 137 Å². The Bertz CT molecular complexity index is 1490. The highest BCUT2D eigenvalue weighted by molar-refractivity contribution is 7.99. The van der Waals surface area contributed by atoms with Crippen LogP contribution in [0.2, 0.25) is 0 Å². The number of benzene rings is 1. The minimum absolute atomic E-state index is 0.0359. The molecule has 0 spiro atoms. The molecule has 2 saturated carbocycles. The predicted molar refractivity (Wildman–Crippen MR) is 240 cm³/mol. The van der Waals surface area contributed by atoms with Crippen LogP contribution in [0, 0.1) is 23.7 Å².